The summed E-state index contributed by atoms with van der Waals surface area (Å²) in [5.41, 5.74) is 3.01. The fourth-order valence-corrected chi connectivity index (χ4v) is 5.22. The molecule has 0 bridgehead atoms. The van der Waals surface area contributed by atoms with Crippen LogP contribution in [0.1, 0.15) is 54.2 Å². The number of para-hydroxylation sites is 1. The molecule has 1 aliphatic heterocycles. The van der Waals surface area contributed by atoms with E-state index in [2.05, 4.69) is 16.9 Å². The highest BCUT2D eigenvalue weighted by molar-refractivity contribution is 6.30. The average Bonchev–Trinajstić information content (AvgIpc) is 2.88. The monoisotopic (exact) mass is 522 g/mol. The molecule has 37 heavy (non-hydrogen) atoms. The number of nitrogens with zero attached hydrogens (tertiary/aromatic N) is 3. The first-order valence-electron chi connectivity index (χ1n) is 12.5. The second kappa shape index (κ2) is 11.7. The predicted octanol–water partition coefficient (Wildman–Crippen LogP) is 6.72. The summed E-state index contributed by atoms with van der Waals surface area (Å²) in [5.74, 6) is -0.311. The summed E-state index contributed by atoms with van der Waals surface area (Å²) in [6.45, 7) is 7.86. The number of pyridine rings is 1. The lowest BCUT2D eigenvalue weighted by Gasteiger charge is -2.40. The van der Waals surface area contributed by atoms with Gasteiger partial charge in [0, 0.05) is 25.3 Å². The fourth-order valence-electron chi connectivity index (χ4n) is 5.06. The number of aromatic nitrogens is 1. The Labute approximate surface area is 222 Å². The molecule has 1 aromatic carbocycles. The van der Waals surface area contributed by atoms with Gasteiger partial charge < -0.3 is 10.2 Å². The van der Waals surface area contributed by atoms with Gasteiger partial charge in [-0.25, -0.2) is 9.18 Å². The van der Waals surface area contributed by atoms with Crippen LogP contribution in [0.4, 0.5) is 14.9 Å². The maximum absolute atomic E-state index is 14.6. The summed E-state index contributed by atoms with van der Waals surface area (Å²) in [7, 11) is 0. The van der Waals surface area contributed by atoms with Crippen LogP contribution in [0.25, 0.3) is 0 Å². The highest BCUT2D eigenvalue weighted by atomic mass is 35.5. The third-order valence-corrected chi connectivity index (χ3v) is 7.20. The molecule has 2 aliphatic rings. The number of aryl methyl sites for hydroxylation is 1. The zero-order valence-electron chi connectivity index (χ0n) is 21.2. The summed E-state index contributed by atoms with van der Waals surface area (Å²) in [6.07, 6.45) is 9.70. The lowest BCUT2D eigenvalue weighted by Crippen LogP contribution is -2.49. The van der Waals surface area contributed by atoms with E-state index in [4.69, 9.17) is 11.6 Å². The Morgan fingerprint density at radius 2 is 2.00 bits per heavy atom. The van der Waals surface area contributed by atoms with Crippen molar-refractivity contribution in [3.63, 3.8) is 0 Å². The molecule has 2 heterocycles. The molecule has 6 nitrogen and oxygen atoms in total. The standard InChI is InChI=1S/C29H32ClFN4O2/c1-4-5-9-26(19(2)31)35-27-10-7-6-8-22(27)18-34(29(35)37)17-21-11-13-24(14-12-21)33-28(36)25-15-23(30)16-32-20(25)3/h4-10,15-16,21,24H,1,11-14,17-18H2,2-3H3,(H,33,36)/b9-5-,26-19-. The van der Waals surface area contributed by atoms with Gasteiger partial charge in [-0.05, 0) is 69.2 Å². The van der Waals surface area contributed by atoms with E-state index >= 15 is 0 Å². The van der Waals surface area contributed by atoms with Crippen molar-refractivity contribution in [2.45, 2.75) is 52.1 Å². The van der Waals surface area contributed by atoms with Crippen LogP contribution in [0.3, 0.4) is 0 Å². The van der Waals surface area contributed by atoms with Crippen molar-refractivity contribution in [1.29, 1.82) is 0 Å². The highest BCUT2D eigenvalue weighted by Gasteiger charge is 2.35. The molecule has 4 rings (SSSR count). The lowest BCUT2D eigenvalue weighted by molar-refractivity contribution is 0.0917. The zero-order chi connectivity index (χ0) is 26.5. The number of hydrogen-bond acceptors (Lipinski definition) is 3. The minimum atomic E-state index is -0.440. The van der Waals surface area contributed by atoms with Crippen molar-refractivity contribution in [2.24, 2.45) is 5.92 Å². The number of carbonyl (C=O) groups is 2. The molecular formula is C29H32ClFN4O2. The number of fused-ring (bicyclic) bond motifs is 1. The Morgan fingerprint density at radius 3 is 2.70 bits per heavy atom. The molecule has 1 fully saturated rings. The van der Waals surface area contributed by atoms with Gasteiger partial charge in [-0.2, -0.15) is 0 Å². The maximum atomic E-state index is 14.6. The number of amides is 3. The second-order valence-electron chi connectivity index (χ2n) is 9.62. The molecular weight excluding hydrogens is 491 g/mol. The van der Waals surface area contributed by atoms with Crippen molar-refractivity contribution >= 4 is 29.2 Å². The Hall–Kier alpha value is -3.45. The lowest BCUT2D eigenvalue weighted by atomic mass is 9.85. The molecule has 0 atom stereocenters. The van der Waals surface area contributed by atoms with Gasteiger partial charge in [0.05, 0.1) is 27.7 Å². The van der Waals surface area contributed by atoms with Gasteiger partial charge in [0.25, 0.3) is 5.91 Å². The van der Waals surface area contributed by atoms with Crippen LogP contribution in [0, 0.1) is 12.8 Å². The third kappa shape index (κ3) is 6.10. The number of nitrogens with one attached hydrogen (secondary N) is 1. The van der Waals surface area contributed by atoms with Gasteiger partial charge in [0.2, 0.25) is 0 Å². The van der Waals surface area contributed by atoms with Crippen molar-refractivity contribution in [2.75, 3.05) is 11.4 Å². The minimum Gasteiger partial charge on any atom is -0.349 e. The zero-order valence-corrected chi connectivity index (χ0v) is 22.0. The quantitative estimate of drug-likeness (QED) is 0.410. The number of allylic oxidation sites excluding steroid dienone is 4. The number of halogens is 2. The number of rotatable bonds is 7. The summed E-state index contributed by atoms with van der Waals surface area (Å²) < 4.78 is 14.6. The summed E-state index contributed by atoms with van der Waals surface area (Å²) in [4.78, 5) is 33.8. The molecule has 0 radical (unpaired) electrons. The van der Waals surface area contributed by atoms with E-state index in [9.17, 15) is 14.0 Å². The molecule has 1 aromatic heterocycles. The summed E-state index contributed by atoms with van der Waals surface area (Å²) in [5, 5.41) is 3.55. The maximum Gasteiger partial charge on any atom is 0.329 e. The van der Waals surface area contributed by atoms with E-state index in [1.807, 2.05) is 24.3 Å². The van der Waals surface area contributed by atoms with Crippen molar-refractivity contribution in [3.8, 4) is 0 Å². The van der Waals surface area contributed by atoms with E-state index in [0.29, 0.717) is 41.0 Å². The number of urea groups is 1. The molecule has 0 unspecified atom stereocenters. The highest BCUT2D eigenvalue weighted by Crippen LogP contribution is 2.35. The van der Waals surface area contributed by atoms with Gasteiger partial charge in [-0.1, -0.05) is 48.5 Å². The minimum absolute atomic E-state index is 0.0594. The Bertz CT molecular complexity index is 1250. The fraction of sp³-hybridized carbons (Fsp3) is 0.345. The molecule has 0 spiro atoms. The Morgan fingerprint density at radius 1 is 1.27 bits per heavy atom. The van der Waals surface area contributed by atoms with E-state index in [1.165, 1.54) is 18.0 Å². The molecule has 0 saturated heterocycles. The Balaban J connectivity index is 1.43. The Kier molecular flexibility index (Phi) is 8.44. The van der Waals surface area contributed by atoms with Crippen LogP contribution in [0.2, 0.25) is 5.02 Å². The van der Waals surface area contributed by atoms with Gasteiger partial charge in [0.15, 0.2) is 0 Å². The predicted molar refractivity (Wildman–Crippen MR) is 145 cm³/mol. The topological polar surface area (TPSA) is 65.5 Å². The van der Waals surface area contributed by atoms with Gasteiger partial charge in [-0.15, -0.1) is 0 Å². The van der Waals surface area contributed by atoms with Crippen LogP contribution < -0.4 is 10.2 Å². The first-order valence-corrected chi connectivity index (χ1v) is 12.9. The smallest absolute Gasteiger partial charge is 0.329 e. The SMILES string of the molecule is C=C/C=C\C(=C(/C)F)N1C(=O)N(CC2CCC(NC(=O)c3cc(Cl)cnc3C)CC2)Cc2ccccc21. The van der Waals surface area contributed by atoms with Gasteiger partial charge >= 0.3 is 6.03 Å². The van der Waals surface area contributed by atoms with Crippen molar-refractivity contribution in [1.82, 2.24) is 15.2 Å². The van der Waals surface area contributed by atoms with Crippen molar-refractivity contribution in [3.05, 3.63) is 94.7 Å². The third-order valence-electron chi connectivity index (χ3n) is 7.00. The van der Waals surface area contributed by atoms with Gasteiger partial charge in [-0.3, -0.25) is 14.7 Å². The molecule has 1 saturated carbocycles. The second-order valence-corrected chi connectivity index (χ2v) is 10.1. The first kappa shape index (κ1) is 26.6. The molecule has 8 heteroatoms. The average molecular weight is 523 g/mol. The van der Waals surface area contributed by atoms with Crippen molar-refractivity contribution < 1.29 is 14.0 Å². The summed E-state index contributed by atoms with van der Waals surface area (Å²) >= 11 is 6.02. The first-order chi connectivity index (χ1) is 17.8. The van der Waals surface area contributed by atoms with Gasteiger partial charge in [0.1, 0.15) is 5.83 Å². The molecule has 3 amide bonds. The molecule has 1 aliphatic carbocycles. The molecule has 194 valence electrons. The van der Waals surface area contributed by atoms with E-state index < -0.39 is 5.83 Å². The summed E-state index contributed by atoms with van der Waals surface area (Å²) in [6, 6.07) is 9.07. The van der Waals surface area contributed by atoms with Crippen LogP contribution in [-0.4, -0.2) is 34.4 Å². The van der Waals surface area contributed by atoms with Crippen LogP contribution in [0.5, 0.6) is 0 Å². The number of anilines is 1. The molecule has 1 N–H and O–H groups in total. The number of hydrogen-bond donors (Lipinski definition) is 1. The number of carbonyl (C=O) groups excluding carboxylic acids is 2. The van der Waals surface area contributed by atoms with E-state index in [0.717, 1.165) is 31.2 Å². The number of benzene rings is 1. The normalized spacial score (nSPS) is 20.5. The van der Waals surface area contributed by atoms with Crippen LogP contribution in [-0.2, 0) is 6.54 Å². The van der Waals surface area contributed by atoms with Crippen LogP contribution >= 0.6 is 11.6 Å². The molecule has 2 aromatic rings. The van der Waals surface area contributed by atoms with E-state index in [-0.39, 0.29) is 23.7 Å². The van der Waals surface area contributed by atoms with E-state index in [1.54, 1.807) is 36.1 Å². The largest absolute Gasteiger partial charge is 0.349 e. The van der Waals surface area contributed by atoms with Crippen LogP contribution in [0.15, 0.2) is 72.9 Å².